The zero-order chi connectivity index (χ0) is 20.5. The van der Waals surface area contributed by atoms with Gasteiger partial charge in [-0.05, 0) is 18.1 Å². The van der Waals surface area contributed by atoms with Gasteiger partial charge in [-0.1, -0.05) is 18.2 Å². The largest absolute Gasteiger partial charge is 0.496 e. The average Bonchev–Trinajstić information content (AvgIpc) is 2.72. The van der Waals surface area contributed by atoms with E-state index in [4.69, 9.17) is 18.9 Å². The molecule has 0 heterocycles. The maximum Gasteiger partial charge on any atom is 0.313 e. The summed E-state index contributed by atoms with van der Waals surface area (Å²) in [6.45, 7) is 0.294. The minimum Gasteiger partial charge on any atom is -0.496 e. The summed E-state index contributed by atoms with van der Waals surface area (Å²) in [6, 6.07) is 10.6. The molecule has 0 saturated carbocycles. The molecule has 2 aromatic rings. The fraction of sp³-hybridized carbons (Fsp3) is 0.300. The van der Waals surface area contributed by atoms with Crippen LogP contribution in [0.25, 0.3) is 0 Å². The second-order valence-corrected chi connectivity index (χ2v) is 5.69. The van der Waals surface area contributed by atoms with Gasteiger partial charge in [0, 0.05) is 24.4 Å². The molecule has 0 aliphatic carbocycles. The van der Waals surface area contributed by atoms with E-state index in [1.165, 1.54) is 21.3 Å². The van der Waals surface area contributed by atoms with Crippen molar-refractivity contribution in [3.63, 3.8) is 0 Å². The molecule has 28 heavy (non-hydrogen) atoms. The summed E-state index contributed by atoms with van der Waals surface area (Å²) in [7, 11) is 6.00. The van der Waals surface area contributed by atoms with Crippen molar-refractivity contribution >= 4 is 17.5 Å². The lowest BCUT2D eigenvalue weighted by molar-refractivity contribution is -0.136. The van der Waals surface area contributed by atoms with Crippen molar-refractivity contribution in [2.24, 2.45) is 0 Å². The van der Waals surface area contributed by atoms with Crippen LogP contribution in [0, 0.1) is 0 Å². The van der Waals surface area contributed by atoms with E-state index in [0.29, 0.717) is 35.9 Å². The van der Waals surface area contributed by atoms with Gasteiger partial charge in [0.05, 0.1) is 28.4 Å². The van der Waals surface area contributed by atoms with Gasteiger partial charge < -0.3 is 29.6 Å². The highest BCUT2D eigenvalue weighted by Crippen LogP contribution is 2.39. The van der Waals surface area contributed by atoms with E-state index < -0.39 is 11.8 Å². The second-order valence-electron chi connectivity index (χ2n) is 5.69. The summed E-state index contributed by atoms with van der Waals surface area (Å²) in [5, 5.41) is 5.11. The number of anilines is 1. The van der Waals surface area contributed by atoms with Crippen LogP contribution in [-0.2, 0) is 16.0 Å². The fourth-order valence-corrected chi connectivity index (χ4v) is 2.64. The Labute approximate surface area is 163 Å². The molecule has 2 rings (SSSR count). The molecule has 150 valence electrons. The van der Waals surface area contributed by atoms with E-state index in [1.807, 2.05) is 24.3 Å². The minimum absolute atomic E-state index is 0.294. The van der Waals surface area contributed by atoms with Crippen molar-refractivity contribution in [3.8, 4) is 23.0 Å². The highest BCUT2D eigenvalue weighted by Gasteiger charge is 2.18. The normalized spacial score (nSPS) is 10.0. The Kier molecular flexibility index (Phi) is 7.50. The number of methoxy groups -OCH3 is 4. The van der Waals surface area contributed by atoms with E-state index in [0.717, 1.165) is 11.3 Å². The van der Waals surface area contributed by atoms with Gasteiger partial charge in [0.25, 0.3) is 0 Å². The molecule has 0 radical (unpaired) electrons. The lowest BCUT2D eigenvalue weighted by Gasteiger charge is -2.14. The van der Waals surface area contributed by atoms with E-state index in [-0.39, 0.29) is 0 Å². The Bertz CT molecular complexity index is 812. The molecule has 0 bridgehead atoms. The zero-order valence-electron chi connectivity index (χ0n) is 16.3. The summed E-state index contributed by atoms with van der Waals surface area (Å²) in [4.78, 5) is 24.3. The summed E-state index contributed by atoms with van der Waals surface area (Å²) in [6.07, 6.45) is 0.535. The quantitative estimate of drug-likeness (QED) is 0.672. The van der Waals surface area contributed by atoms with Crippen LogP contribution in [0.2, 0.25) is 0 Å². The van der Waals surface area contributed by atoms with Crippen LogP contribution in [-0.4, -0.2) is 46.8 Å². The third-order valence-electron chi connectivity index (χ3n) is 4.00. The van der Waals surface area contributed by atoms with Gasteiger partial charge in [0.1, 0.15) is 5.75 Å². The maximum absolute atomic E-state index is 12.2. The van der Waals surface area contributed by atoms with Crippen LogP contribution >= 0.6 is 0 Å². The molecule has 2 amide bonds. The molecule has 0 atom stereocenters. The van der Waals surface area contributed by atoms with Crippen LogP contribution in [0.1, 0.15) is 5.56 Å². The van der Waals surface area contributed by atoms with E-state index in [2.05, 4.69) is 10.6 Å². The number of carbonyl (C=O) groups excluding carboxylic acids is 2. The Morgan fingerprint density at radius 3 is 2.00 bits per heavy atom. The molecule has 0 fully saturated rings. The van der Waals surface area contributed by atoms with Crippen molar-refractivity contribution in [2.75, 3.05) is 40.3 Å². The summed E-state index contributed by atoms with van der Waals surface area (Å²) >= 11 is 0. The molecule has 0 saturated heterocycles. The smallest absolute Gasteiger partial charge is 0.313 e. The fourth-order valence-electron chi connectivity index (χ4n) is 2.64. The first kappa shape index (κ1) is 20.9. The molecule has 0 aromatic heterocycles. The Morgan fingerprint density at radius 1 is 0.821 bits per heavy atom. The third-order valence-corrected chi connectivity index (χ3v) is 4.00. The summed E-state index contributed by atoms with van der Waals surface area (Å²) in [5.41, 5.74) is 1.29. The number of nitrogens with one attached hydrogen (secondary N) is 2. The second kappa shape index (κ2) is 10.1. The van der Waals surface area contributed by atoms with Crippen molar-refractivity contribution in [2.45, 2.75) is 6.42 Å². The van der Waals surface area contributed by atoms with Gasteiger partial charge >= 0.3 is 11.8 Å². The molecular formula is C20H24N2O6. The molecule has 2 N–H and O–H groups in total. The SMILES string of the molecule is COc1ccccc1CCNC(=O)C(=O)Nc1cc(OC)c(OC)c(OC)c1. The number of carbonyl (C=O) groups is 2. The predicted octanol–water partition coefficient (Wildman–Crippen LogP) is 2.02. The molecule has 0 aliphatic heterocycles. The van der Waals surface area contributed by atoms with Crippen LogP contribution in [0.3, 0.4) is 0 Å². The van der Waals surface area contributed by atoms with E-state index in [9.17, 15) is 9.59 Å². The summed E-state index contributed by atoms with van der Waals surface area (Å²) < 4.78 is 21.0. The highest BCUT2D eigenvalue weighted by atomic mass is 16.5. The third kappa shape index (κ3) is 5.06. The molecule has 8 nitrogen and oxygen atoms in total. The number of para-hydroxylation sites is 1. The standard InChI is InChI=1S/C20H24N2O6/c1-25-15-8-6-5-7-13(15)9-10-21-19(23)20(24)22-14-11-16(26-2)18(28-4)17(12-14)27-3/h5-8,11-12H,9-10H2,1-4H3,(H,21,23)(H,22,24). The number of benzene rings is 2. The van der Waals surface area contributed by atoms with Crippen molar-refractivity contribution in [1.82, 2.24) is 5.32 Å². The number of hydrogen-bond donors (Lipinski definition) is 2. The van der Waals surface area contributed by atoms with Crippen molar-refractivity contribution in [1.29, 1.82) is 0 Å². The van der Waals surface area contributed by atoms with Crippen molar-refractivity contribution < 1.29 is 28.5 Å². The Balaban J connectivity index is 1.98. The molecule has 0 aliphatic rings. The highest BCUT2D eigenvalue weighted by molar-refractivity contribution is 6.39. The average molecular weight is 388 g/mol. The molecule has 8 heteroatoms. The van der Waals surface area contributed by atoms with Gasteiger partial charge in [-0.3, -0.25) is 9.59 Å². The minimum atomic E-state index is -0.797. The topological polar surface area (TPSA) is 95.1 Å². The Hall–Kier alpha value is -3.42. The van der Waals surface area contributed by atoms with Crippen LogP contribution in [0.5, 0.6) is 23.0 Å². The van der Waals surface area contributed by atoms with E-state index >= 15 is 0 Å². The lowest BCUT2D eigenvalue weighted by atomic mass is 10.1. The maximum atomic E-state index is 12.2. The van der Waals surface area contributed by atoms with E-state index in [1.54, 1.807) is 19.2 Å². The van der Waals surface area contributed by atoms with Crippen molar-refractivity contribution in [3.05, 3.63) is 42.0 Å². The van der Waals surface area contributed by atoms with Gasteiger partial charge in [0.15, 0.2) is 11.5 Å². The number of amides is 2. The number of rotatable bonds is 8. The first-order chi connectivity index (χ1) is 13.5. The molecule has 2 aromatic carbocycles. The molecular weight excluding hydrogens is 364 g/mol. The lowest BCUT2D eigenvalue weighted by Crippen LogP contribution is -2.36. The van der Waals surface area contributed by atoms with Gasteiger partial charge in [0.2, 0.25) is 5.75 Å². The van der Waals surface area contributed by atoms with Gasteiger partial charge in [-0.15, -0.1) is 0 Å². The summed E-state index contributed by atoms with van der Waals surface area (Å²) in [5.74, 6) is 0.322. The first-order valence-electron chi connectivity index (χ1n) is 8.55. The van der Waals surface area contributed by atoms with Gasteiger partial charge in [-0.25, -0.2) is 0 Å². The molecule has 0 spiro atoms. The predicted molar refractivity (Wildman–Crippen MR) is 104 cm³/mol. The van der Waals surface area contributed by atoms with Crippen LogP contribution in [0.4, 0.5) is 5.69 Å². The van der Waals surface area contributed by atoms with Gasteiger partial charge in [-0.2, -0.15) is 0 Å². The molecule has 0 unspecified atom stereocenters. The number of ether oxygens (including phenoxy) is 4. The Morgan fingerprint density at radius 2 is 1.43 bits per heavy atom. The first-order valence-corrected chi connectivity index (χ1v) is 8.55. The monoisotopic (exact) mass is 388 g/mol. The van der Waals surface area contributed by atoms with Crippen LogP contribution < -0.4 is 29.6 Å². The number of hydrogen-bond acceptors (Lipinski definition) is 6. The van der Waals surface area contributed by atoms with Crippen LogP contribution in [0.15, 0.2) is 36.4 Å². The zero-order valence-corrected chi connectivity index (χ0v) is 16.3.